The molecule has 1 aromatic carbocycles. The molecule has 2 heterocycles. The Kier molecular flexibility index (Phi) is 5.82. The monoisotopic (exact) mass is 327 g/mol. The number of hydrogen-bond donors (Lipinski definition) is 2. The van der Waals surface area contributed by atoms with Gasteiger partial charge in [0.05, 0.1) is 11.6 Å². The van der Waals surface area contributed by atoms with E-state index in [0.29, 0.717) is 0 Å². The number of benzene rings is 1. The molecule has 0 bridgehead atoms. The van der Waals surface area contributed by atoms with Crippen molar-refractivity contribution in [3.8, 4) is 0 Å². The molecule has 0 unspecified atom stereocenters. The number of aryl methyl sites for hydroxylation is 1. The van der Waals surface area contributed by atoms with Crippen molar-refractivity contribution in [3.05, 3.63) is 41.6 Å². The van der Waals surface area contributed by atoms with Crippen LogP contribution in [0.3, 0.4) is 0 Å². The first kappa shape index (κ1) is 17.3. The predicted octanol–water partition coefficient (Wildman–Crippen LogP) is 2.73. The predicted molar refractivity (Wildman–Crippen MR) is 99.0 cm³/mol. The van der Waals surface area contributed by atoms with E-state index in [1.807, 2.05) is 13.0 Å². The van der Waals surface area contributed by atoms with Gasteiger partial charge in [0, 0.05) is 24.2 Å². The number of aliphatic hydroxyl groups is 1. The number of fused-ring (bicyclic) bond motifs is 1. The van der Waals surface area contributed by atoms with E-state index in [1.54, 1.807) is 0 Å². The maximum atomic E-state index is 9.49. The second kappa shape index (κ2) is 8.06. The number of rotatable bonds is 6. The molecule has 0 saturated carbocycles. The third-order valence-corrected chi connectivity index (χ3v) is 4.91. The van der Waals surface area contributed by atoms with E-state index >= 15 is 0 Å². The van der Waals surface area contributed by atoms with Crippen LogP contribution >= 0.6 is 0 Å². The van der Waals surface area contributed by atoms with Gasteiger partial charge in [-0.15, -0.1) is 0 Å². The molecule has 0 aliphatic carbocycles. The molecule has 0 spiro atoms. The molecule has 1 fully saturated rings. The van der Waals surface area contributed by atoms with Crippen molar-refractivity contribution in [1.29, 1.82) is 0 Å². The van der Waals surface area contributed by atoms with Gasteiger partial charge in [-0.25, -0.2) is 0 Å². The van der Waals surface area contributed by atoms with Crippen LogP contribution in [-0.2, 0) is 6.54 Å². The molecule has 1 aliphatic rings. The summed E-state index contributed by atoms with van der Waals surface area (Å²) in [5, 5.41) is 14.4. The SMILES string of the molecule is Cc1cc(CNCC2CCN(C[C@@H](C)O)CC2)c2ccccc2n1. The molecule has 24 heavy (non-hydrogen) atoms. The fourth-order valence-electron chi connectivity index (χ4n) is 3.70. The van der Waals surface area contributed by atoms with Gasteiger partial charge in [-0.05, 0) is 69.9 Å². The highest BCUT2D eigenvalue weighted by Gasteiger charge is 2.19. The number of para-hydroxylation sites is 1. The summed E-state index contributed by atoms with van der Waals surface area (Å²) in [6.45, 7) is 8.92. The van der Waals surface area contributed by atoms with Crippen molar-refractivity contribution in [3.63, 3.8) is 0 Å². The minimum absolute atomic E-state index is 0.220. The molecule has 130 valence electrons. The average molecular weight is 327 g/mol. The lowest BCUT2D eigenvalue weighted by Crippen LogP contribution is -2.40. The number of piperidine rings is 1. The molecule has 1 aliphatic heterocycles. The Labute approximate surface area is 144 Å². The fourth-order valence-corrected chi connectivity index (χ4v) is 3.70. The Hall–Kier alpha value is -1.49. The summed E-state index contributed by atoms with van der Waals surface area (Å²) in [5.41, 5.74) is 3.50. The highest BCUT2D eigenvalue weighted by atomic mass is 16.3. The molecule has 1 aromatic heterocycles. The van der Waals surface area contributed by atoms with Crippen LogP contribution in [0.25, 0.3) is 10.9 Å². The molecule has 1 saturated heterocycles. The maximum Gasteiger partial charge on any atom is 0.0708 e. The van der Waals surface area contributed by atoms with Crippen molar-refractivity contribution in [2.24, 2.45) is 5.92 Å². The van der Waals surface area contributed by atoms with Crippen LogP contribution in [-0.4, -0.2) is 47.3 Å². The smallest absolute Gasteiger partial charge is 0.0708 e. The number of hydrogen-bond acceptors (Lipinski definition) is 4. The van der Waals surface area contributed by atoms with Crippen LogP contribution in [0.5, 0.6) is 0 Å². The summed E-state index contributed by atoms with van der Waals surface area (Å²) in [5.74, 6) is 0.740. The Balaban J connectivity index is 1.51. The summed E-state index contributed by atoms with van der Waals surface area (Å²) in [6, 6.07) is 10.6. The lowest BCUT2D eigenvalue weighted by atomic mass is 9.96. The van der Waals surface area contributed by atoms with E-state index in [1.165, 1.54) is 23.8 Å². The second-order valence-electron chi connectivity index (χ2n) is 7.16. The summed E-state index contributed by atoms with van der Waals surface area (Å²) in [4.78, 5) is 6.99. The van der Waals surface area contributed by atoms with Crippen molar-refractivity contribution >= 4 is 10.9 Å². The molecule has 2 aromatic rings. The molecule has 1 atom stereocenters. The van der Waals surface area contributed by atoms with Crippen LogP contribution in [0.2, 0.25) is 0 Å². The van der Waals surface area contributed by atoms with Gasteiger partial charge in [-0.1, -0.05) is 18.2 Å². The molecule has 3 rings (SSSR count). The number of pyridine rings is 1. The topological polar surface area (TPSA) is 48.4 Å². The van der Waals surface area contributed by atoms with Gasteiger partial charge in [0.25, 0.3) is 0 Å². The van der Waals surface area contributed by atoms with Crippen molar-refractivity contribution in [1.82, 2.24) is 15.2 Å². The van der Waals surface area contributed by atoms with Gasteiger partial charge in [-0.3, -0.25) is 4.98 Å². The van der Waals surface area contributed by atoms with E-state index < -0.39 is 0 Å². The Morgan fingerprint density at radius 2 is 2.04 bits per heavy atom. The maximum absolute atomic E-state index is 9.49. The number of aliphatic hydroxyl groups excluding tert-OH is 1. The molecule has 4 heteroatoms. The average Bonchev–Trinajstić information content (AvgIpc) is 2.56. The fraction of sp³-hybridized carbons (Fsp3) is 0.550. The van der Waals surface area contributed by atoms with E-state index in [0.717, 1.165) is 49.9 Å². The van der Waals surface area contributed by atoms with Gasteiger partial charge in [-0.2, -0.15) is 0 Å². The number of likely N-dealkylation sites (tertiary alicyclic amines) is 1. The third-order valence-electron chi connectivity index (χ3n) is 4.91. The third kappa shape index (κ3) is 4.53. The normalized spacial score (nSPS) is 18.1. The molecular formula is C20H29N3O. The highest BCUT2D eigenvalue weighted by molar-refractivity contribution is 5.82. The molecule has 2 N–H and O–H groups in total. The quantitative estimate of drug-likeness (QED) is 0.856. The number of nitrogens with one attached hydrogen (secondary N) is 1. The van der Waals surface area contributed by atoms with E-state index in [4.69, 9.17) is 0 Å². The molecule has 0 radical (unpaired) electrons. The van der Waals surface area contributed by atoms with Crippen LogP contribution in [0.1, 0.15) is 31.0 Å². The molecular weight excluding hydrogens is 298 g/mol. The summed E-state index contributed by atoms with van der Waals surface area (Å²) >= 11 is 0. The number of aromatic nitrogens is 1. The summed E-state index contributed by atoms with van der Waals surface area (Å²) in [7, 11) is 0. The molecule has 4 nitrogen and oxygen atoms in total. The van der Waals surface area contributed by atoms with Crippen LogP contribution in [0, 0.1) is 12.8 Å². The van der Waals surface area contributed by atoms with Crippen LogP contribution in [0.15, 0.2) is 30.3 Å². The zero-order valence-corrected chi connectivity index (χ0v) is 14.8. The first-order valence-corrected chi connectivity index (χ1v) is 9.08. The number of nitrogens with zero attached hydrogens (tertiary/aromatic N) is 2. The van der Waals surface area contributed by atoms with Crippen LogP contribution < -0.4 is 5.32 Å². The Bertz CT molecular complexity index is 663. The van der Waals surface area contributed by atoms with Gasteiger partial charge >= 0.3 is 0 Å². The first-order chi connectivity index (χ1) is 11.6. The van der Waals surface area contributed by atoms with Crippen molar-refractivity contribution in [2.45, 2.75) is 39.3 Å². The van der Waals surface area contributed by atoms with E-state index in [-0.39, 0.29) is 6.10 Å². The largest absolute Gasteiger partial charge is 0.392 e. The zero-order valence-electron chi connectivity index (χ0n) is 14.8. The minimum atomic E-state index is -0.220. The Morgan fingerprint density at radius 1 is 1.29 bits per heavy atom. The zero-order chi connectivity index (χ0) is 16.9. The van der Waals surface area contributed by atoms with Gasteiger partial charge in [0.1, 0.15) is 0 Å². The van der Waals surface area contributed by atoms with Crippen molar-refractivity contribution in [2.75, 3.05) is 26.2 Å². The number of β-amino-alcohol motifs (C(OH)–C–C–N with tert-alkyl or cyclic N) is 1. The lowest BCUT2D eigenvalue weighted by Gasteiger charge is -2.32. The van der Waals surface area contributed by atoms with E-state index in [9.17, 15) is 5.11 Å². The first-order valence-electron chi connectivity index (χ1n) is 9.08. The second-order valence-corrected chi connectivity index (χ2v) is 7.16. The summed E-state index contributed by atoms with van der Waals surface area (Å²) in [6.07, 6.45) is 2.22. The lowest BCUT2D eigenvalue weighted by molar-refractivity contribution is 0.0998. The molecule has 0 amide bonds. The minimum Gasteiger partial charge on any atom is -0.392 e. The summed E-state index contributed by atoms with van der Waals surface area (Å²) < 4.78 is 0. The Morgan fingerprint density at radius 3 is 2.79 bits per heavy atom. The standard InChI is InChI=1S/C20H29N3O/c1-15-11-18(19-5-3-4-6-20(19)22-15)13-21-12-17-7-9-23(10-8-17)14-16(2)24/h3-6,11,16-17,21,24H,7-10,12-14H2,1-2H3/t16-/m1/s1. The van der Waals surface area contributed by atoms with Crippen LogP contribution in [0.4, 0.5) is 0 Å². The van der Waals surface area contributed by atoms with Gasteiger partial charge in [0.2, 0.25) is 0 Å². The highest BCUT2D eigenvalue weighted by Crippen LogP contribution is 2.19. The van der Waals surface area contributed by atoms with Crippen molar-refractivity contribution < 1.29 is 5.11 Å². The van der Waals surface area contributed by atoms with Gasteiger partial charge in [0.15, 0.2) is 0 Å². The van der Waals surface area contributed by atoms with E-state index in [2.05, 4.69) is 46.4 Å². The van der Waals surface area contributed by atoms with Gasteiger partial charge < -0.3 is 15.3 Å².